The molecular weight excluding hydrogens is 242 g/mol. The standard InChI is InChI=1S/C13H11N5O/c1-15-12-7-6-11(17-18-12)13(19)16-10-4-2-9(8-14)3-5-10/h2-7H,1H3,(H,15,18)(H,16,19). The highest BCUT2D eigenvalue weighted by Gasteiger charge is 2.08. The van der Waals surface area contributed by atoms with Crippen molar-refractivity contribution in [1.29, 1.82) is 5.26 Å². The number of carbonyl (C=O) groups is 1. The van der Waals surface area contributed by atoms with Crippen molar-refractivity contribution in [2.45, 2.75) is 0 Å². The number of anilines is 2. The Balaban J connectivity index is 2.09. The van der Waals surface area contributed by atoms with Crippen molar-refractivity contribution in [3.05, 3.63) is 47.7 Å². The molecule has 1 heterocycles. The van der Waals surface area contributed by atoms with Gasteiger partial charge in [0.15, 0.2) is 5.69 Å². The maximum atomic E-state index is 11.9. The largest absolute Gasteiger partial charge is 0.372 e. The van der Waals surface area contributed by atoms with Gasteiger partial charge in [0.2, 0.25) is 0 Å². The minimum Gasteiger partial charge on any atom is -0.372 e. The van der Waals surface area contributed by atoms with Crippen LogP contribution in [-0.4, -0.2) is 23.2 Å². The van der Waals surface area contributed by atoms with Crippen LogP contribution in [0.5, 0.6) is 0 Å². The van der Waals surface area contributed by atoms with Crippen molar-refractivity contribution in [2.24, 2.45) is 0 Å². The average molecular weight is 253 g/mol. The second-order valence-corrected chi connectivity index (χ2v) is 3.70. The number of aromatic nitrogens is 2. The van der Waals surface area contributed by atoms with Crippen LogP contribution in [-0.2, 0) is 0 Å². The van der Waals surface area contributed by atoms with Crippen LogP contribution in [0.4, 0.5) is 11.5 Å². The lowest BCUT2D eigenvalue weighted by Crippen LogP contribution is -2.14. The zero-order valence-electron chi connectivity index (χ0n) is 10.2. The van der Waals surface area contributed by atoms with Crippen molar-refractivity contribution in [2.75, 3.05) is 17.7 Å². The fourth-order valence-electron chi connectivity index (χ4n) is 1.41. The van der Waals surface area contributed by atoms with Gasteiger partial charge in [-0.1, -0.05) is 0 Å². The quantitative estimate of drug-likeness (QED) is 0.867. The molecule has 0 aliphatic carbocycles. The Morgan fingerprint density at radius 1 is 1.16 bits per heavy atom. The van der Waals surface area contributed by atoms with Gasteiger partial charge in [0.1, 0.15) is 5.82 Å². The van der Waals surface area contributed by atoms with Crippen LogP contribution in [0.1, 0.15) is 16.1 Å². The summed E-state index contributed by atoms with van der Waals surface area (Å²) in [4.78, 5) is 11.9. The van der Waals surface area contributed by atoms with Crippen LogP contribution in [0.15, 0.2) is 36.4 Å². The van der Waals surface area contributed by atoms with Gasteiger partial charge >= 0.3 is 0 Å². The zero-order chi connectivity index (χ0) is 13.7. The van der Waals surface area contributed by atoms with Crippen molar-refractivity contribution < 1.29 is 4.79 Å². The van der Waals surface area contributed by atoms with Crippen LogP contribution in [0.2, 0.25) is 0 Å². The van der Waals surface area contributed by atoms with E-state index in [0.717, 1.165) is 0 Å². The highest BCUT2D eigenvalue weighted by Crippen LogP contribution is 2.10. The Hall–Kier alpha value is -2.94. The lowest BCUT2D eigenvalue weighted by Gasteiger charge is -2.04. The molecule has 0 aliphatic rings. The number of hydrogen-bond donors (Lipinski definition) is 2. The molecule has 1 aromatic heterocycles. The number of nitrogens with one attached hydrogen (secondary N) is 2. The van der Waals surface area contributed by atoms with Gasteiger partial charge in [-0.25, -0.2) is 0 Å². The van der Waals surface area contributed by atoms with Crippen LogP contribution in [0, 0.1) is 11.3 Å². The topological polar surface area (TPSA) is 90.7 Å². The van der Waals surface area contributed by atoms with Crippen molar-refractivity contribution in [3.63, 3.8) is 0 Å². The van der Waals surface area contributed by atoms with E-state index >= 15 is 0 Å². The Morgan fingerprint density at radius 3 is 2.42 bits per heavy atom. The summed E-state index contributed by atoms with van der Waals surface area (Å²) < 4.78 is 0. The summed E-state index contributed by atoms with van der Waals surface area (Å²) in [5.41, 5.74) is 1.36. The summed E-state index contributed by atoms with van der Waals surface area (Å²) in [6.07, 6.45) is 0. The van der Waals surface area contributed by atoms with E-state index in [0.29, 0.717) is 17.1 Å². The summed E-state index contributed by atoms with van der Waals surface area (Å²) >= 11 is 0. The first-order valence-electron chi connectivity index (χ1n) is 5.56. The minimum atomic E-state index is -0.347. The van der Waals surface area contributed by atoms with Crippen LogP contribution in [0.3, 0.4) is 0 Å². The van der Waals surface area contributed by atoms with Gasteiger partial charge in [-0.3, -0.25) is 4.79 Å². The number of hydrogen-bond acceptors (Lipinski definition) is 5. The molecule has 0 fully saturated rings. The molecule has 2 N–H and O–H groups in total. The summed E-state index contributed by atoms with van der Waals surface area (Å²) in [7, 11) is 1.72. The minimum absolute atomic E-state index is 0.225. The van der Waals surface area contributed by atoms with Crippen molar-refractivity contribution in [3.8, 4) is 6.07 Å². The molecule has 0 bridgehead atoms. The number of carbonyl (C=O) groups excluding carboxylic acids is 1. The van der Waals surface area contributed by atoms with E-state index in [2.05, 4.69) is 20.8 Å². The second kappa shape index (κ2) is 5.60. The van der Waals surface area contributed by atoms with Gasteiger partial charge < -0.3 is 10.6 Å². The van der Waals surface area contributed by atoms with Gasteiger partial charge in [0.05, 0.1) is 11.6 Å². The van der Waals surface area contributed by atoms with Crippen LogP contribution in [0.25, 0.3) is 0 Å². The summed E-state index contributed by atoms with van der Waals surface area (Å²) in [6, 6.07) is 11.8. The predicted molar refractivity (Wildman–Crippen MR) is 70.7 cm³/mol. The van der Waals surface area contributed by atoms with Crippen molar-refractivity contribution >= 4 is 17.4 Å². The van der Waals surface area contributed by atoms with Crippen LogP contribution >= 0.6 is 0 Å². The Labute approximate surface area is 110 Å². The number of nitriles is 1. The normalized spacial score (nSPS) is 9.47. The maximum Gasteiger partial charge on any atom is 0.276 e. The van der Waals surface area contributed by atoms with E-state index in [-0.39, 0.29) is 11.6 Å². The fourth-order valence-corrected chi connectivity index (χ4v) is 1.41. The first-order chi connectivity index (χ1) is 9.22. The molecule has 2 rings (SSSR count). The Kier molecular flexibility index (Phi) is 3.69. The molecule has 0 radical (unpaired) electrons. The smallest absolute Gasteiger partial charge is 0.276 e. The molecule has 94 valence electrons. The molecule has 0 aliphatic heterocycles. The number of amides is 1. The number of nitrogens with zero attached hydrogens (tertiary/aromatic N) is 3. The lowest BCUT2D eigenvalue weighted by atomic mass is 10.2. The molecule has 0 saturated carbocycles. The average Bonchev–Trinajstić information content (AvgIpc) is 2.48. The Morgan fingerprint density at radius 2 is 1.89 bits per heavy atom. The molecule has 0 spiro atoms. The van der Waals surface area contributed by atoms with Crippen molar-refractivity contribution in [1.82, 2.24) is 10.2 Å². The number of benzene rings is 1. The molecule has 1 amide bonds. The third kappa shape index (κ3) is 3.04. The first kappa shape index (κ1) is 12.5. The molecule has 19 heavy (non-hydrogen) atoms. The molecule has 6 nitrogen and oxygen atoms in total. The van der Waals surface area contributed by atoms with Gasteiger partial charge in [-0.2, -0.15) is 5.26 Å². The van der Waals surface area contributed by atoms with E-state index in [1.807, 2.05) is 6.07 Å². The lowest BCUT2D eigenvalue weighted by molar-refractivity contribution is 0.102. The molecule has 2 aromatic rings. The molecule has 0 atom stereocenters. The fraction of sp³-hybridized carbons (Fsp3) is 0.0769. The molecule has 0 saturated heterocycles. The van der Waals surface area contributed by atoms with E-state index < -0.39 is 0 Å². The monoisotopic (exact) mass is 253 g/mol. The van der Waals surface area contributed by atoms with Gasteiger partial charge in [0.25, 0.3) is 5.91 Å². The second-order valence-electron chi connectivity index (χ2n) is 3.70. The molecule has 6 heteroatoms. The van der Waals surface area contributed by atoms with Gasteiger partial charge in [-0.15, -0.1) is 10.2 Å². The first-order valence-corrected chi connectivity index (χ1v) is 5.56. The SMILES string of the molecule is CNc1ccc(C(=O)Nc2ccc(C#N)cc2)nn1. The van der Waals surface area contributed by atoms with E-state index in [1.165, 1.54) is 0 Å². The van der Waals surface area contributed by atoms with Gasteiger partial charge in [-0.05, 0) is 36.4 Å². The highest BCUT2D eigenvalue weighted by molar-refractivity contribution is 6.02. The zero-order valence-corrected chi connectivity index (χ0v) is 10.2. The third-order valence-electron chi connectivity index (χ3n) is 2.43. The van der Waals surface area contributed by atoms with E-state index in [1.54, 1.807) is 43.4 Å². The molecular formula is C13H11N5O. The van der Waals surface area contributed by atoms with Gasteiger partial charge in [0, 0.05) is 12.7 Å². The summed E-state index contributed by atoms with van der Waals surface area (Å²) in [5.74, 6) is 0.245. The maximum absolute atomic E-state index is 11.9. The number of rotatable bonds is 3. The predicted octanol–water partition coefficient (Wildman–Crippen LogP) is 1.64. The Bertz CT molecular complexity index is 613. The highest BCUT2D eigenvalue weighted by atomic mass is 16.1. The summed E-state index contributed by atoms with van der Waals surface area (Å²) in [6.45, 7) is 0. The third-order valence-corrected chi connectivity index (χ3v) is 2.43. The van der Waals surface area contributed by atoms with Crippen LogP contribution < -0.4 is 10.6 Å². The van der Waals surface area contributed by atoms with E-state index in [4.69, 9.17) is 5.26 Å². The van der Waals surface area contributed by atoms with E-state index in [9.17, 15) is 4.79 Å². The summed E-state index contributed by atoms with van der Waals surface area (Å²) in [5, 5.41) is 21.8. The molecule has 1 aromatic carbocycles. The molecule has 0 unspecified atom stereocenters.